The first-order valence-corrected chi connectivity index (χ1v) is 43.4. The van der Waals surface area contributed by atoms with E-state index in [0.29, 0.717) is 95.1 Å². The number of fused-ring (bicyclic) bond motifs is 12. The van der Waals surface area contributed by atoms with E-state index in [9.17, 15) is 28.2 Å². The molecule has 108 heavy (non-hydrogen) atoms. The number of hydrogen-bond donors (Lipinski definition) is 5. The number of aliphatic hydroxyl groups is 2. The maximum atomic E-state index is 14.0. The number of carbonyl (C=O) groups excluding carboxylic acids is 2. The normalized spacial score (nSPS) is 51.6. The summed E-state index contributed by atoms with van der Waals surface area (Å²) in [5.74, 6) is -0.494. The van der Waals surface area contributed by atoms with E-state index in [2.05, 4.69) is 60.9 Å². The Labute approximate surface area is 637 Å². The highest BCUT2D eigenvalue weighted by Gasteiger charge is 2.74. The van der Waals surface area contributed by atoms with Crippen molar-refractivity contribution >= 4 is 21.7 Å². The zero-order chi connectivity index (χ0) is 75.8. The molecule has 24 bridgehead atoms. The largest absolute Gasteiger partial charge is 0.392 e. The van der Waals surface area contributed by atoms with E-state index in [1.807, 2.05) is 0 Å². The van der Waals surface area contributed by atoms with Crippen molar-refractivity contribution in [1.29, 1.82) is 0 Å². The lowest BCUT2D eigenvalue weighted by molar-refractivity contribution is -0.294. The second-order valence-electron chi connectivity index (χ2n) is 36.6. The van der Waals surface area contributed by atoms with Crippen molar-refractivity contribution in [2.45, 2.75) is 396 Å². The summed E-state index contributed by atoms with van der Waals surface area (Å²) in [6, 6.07) is 0. The van der Waals surface area contributed by atoms with Crippen LogP contribution in [0.3, 0.4) is 0 Å². The van der Waals surface area contributed by atoms with E-state index in [4.69, 9.17) is 91.8 Å². The van der Waals surface area contributed by atoms with E-state index >= 15 is 0 Å². The van der Waals surface area contributed by atoms with Gasteiger partial charge >= 0.3 is 0 Å². The summed E-state index contributed by atoms with van der Waals surface area (Å²) in [6.07, 6.45) is 13.3. The van der Waals surface area contributed by atoms with Crippen LogP contribution in [-0.2, 0) is 95.5 Å². The van der Waals surface area contributed by atoms with Gasteiger partial charge in [0.2, 0.25) is 0 Å². The molecule has 0 saturated carbocycles. The van der Waals surface area contributed by atoms with Crippen molar-refractivity contribution in [3.05, 3.63) is 48.6 Å². The molecule has 2 spiro atoms. The first-order chi connectivity index (χ1) is 51.5. The van der Waals surface area contributed by atoms with Crippen LogP contribution in [0.4, 0.5) is 0 Å². The third-order valence-corrected chi connectivity index (χ3v) is 28.7. The van der Waals surface area contributed by atoms with E-state index in [-0.39, 0.29) is 213 Å². The van der Waals surface area contributed by atoms with Crippen LogP contribution in [0.15, 0.2) is 48.6 Å². The minimum Gasteiger partial charge on any atom is -0.392 e. The highest BCUT2D eigenvalue weighted by Crippen LogP contribution is 2.60. The fourth-order valence-electron chi connectivity index (χ4n) is 23.0. The number of ether oxygens (including phenoxy) is 16. The van der Waals surface area contributed by atoms with E-state index in [1.54, 1.807) is 0 Å². The summed E-state index contributed by atoms with van der Waals surface area (Å²) in [5.41, 5.74) is 15.6. The summed E-state index contributed by atoms with van der Waals surface area (Å²) in [7, 11) is -3.67. The van der Waals surface area contributed by atoms with Crippen molar-refractivity contribution in [2.24, 2.45) is 47.0 Å². The van der Waals surface area contributed by atoms with Gasteiger partial charge in [0.1, 0.15) is 78.2 Å². The van der Waals surface area contributed by atoms with Crippen molar-refractivity contribution in [1.82, 2.24) is 0 Å². The third-order valence-electron chi connectivity index (χ3n) is 28.7. The Morgan fingerprint density at radius 3 is 1.37 bits per heavy atom. The van der Waals surface area contributed by atoms with Gasteiger partial charge in [-0.25, -0.2) is 0 Å². The van der Waals surface area contributed by atoms with Gasteiger partial charge in [0.05, 0.1) is 122 Å². The quantitative estimate of drug-likeness (QED) is 0.124. The topological polar surface area (TPSA) is 329 Å². The molecule has 0 amide bonds. The van der Waals surface area contributed by atoms with E-state index in [0.717, 1.165) is 112 Å². The van der Waals surface area contributed by atoms with Crippen LogP contribution in [0.25, 0.3) is 0 Å². The Kier molecular flexibility index (Phi) is 23.1. The molecule has 0 aromatic heterocycles. The lowest BCUT2D eigenvalue weighted by Crippen LogP contribution is -2.61. The van der Waals surface area contributed by atoms with Gasteiger partial charge in [0.15, 0.2) is 11.6 Å². The molecule has 606 valence electrons. The lowest BCUT2D eigenvalue weighted by Gasteiger charge is -2.47. The molecule has 0 radical (unpaired) electrons. The first kappa shape index (κ1) is 79.3. The van der Waals surface area contributed by atoms with Crippen LogP contribution in [-0.4, -0.2) is 248 Å². The highest BCUT2D eigenvalue weighted by molar-refractivity contribution is 7.85. The van der Waals surface area contributed by atoms with Gasteiger partial charge < -0.3 is 97.5 Å². The fraction of sp³-hybridized carbons (Fsp3) is 0.878. The van der Waals surface area contributed by atoms with E-state index < -0.39 is 39.5 Å². The Bertz CT molecular complexity index is 3430. The summed E-state index contributed by atoms with van der Waals surface area (Å²) < 4.78 is 134. The Morgan fingerprint density at radius 1 is 0.444 bits per heavy atom. The van der Waals surface area contributed by atoms with Crippen molar-refractivity contribution in [3.8, 4) is 0 Å². The molecule has 0 aromatic carbocycles. The lowest BCUT2D eigenvalue weighted by atomic mass is 9.78. The second kappa shape index (κ2) is 31.5. The predicted octanol–water partition coefficient (Wildman–Crippen LogP) is 8.01. The highest BCUT2D eigenvalue weighted by atomic mass is 32.2. The standard InChI is InChI=1S/C41H61NO10.C40H59NO10.CH4O3S/c1-20-12-26-6-8-30-21(2)13-28(45-30)10-11-41-19-40(5)39(52-41)38-37(50-40)36(51-41)35-31(49-38)9-7-27(47-35)14-24(43)15-29-23(4)32(16-25(44)18-42)48-34(29)17-33(46-26)22(20)3;1-19-11-25-5-7-29-20(2)12-27(44-29)9-10-40-17-34-36(50-40)37-38(49-34)39(51-40)35-30(48-37)8-6-26(46-35)13-23(42)14-28-22(4)31(15-24(43)18-41)47-33(28)16-32(45-25)21(19)3;1-5(2,3)4/h20,23,25-39,44H,2-3,6-19,42H2,1,4-5H3;19,22,24-39,43H,2-3,5-18,41H2,1,4H3;1H3,(H,2,3,4)/t20-,23-,25+,26+,27-,28+,29?,30?,31+,32-,33-,34?,35+,36+,37+,38-,39?,40-,41-;19-,22-,24+,25+,26-,27+,28?,29?,30+,31-,32-,33?,34-,35+,36?,37+,38-,39+,40+;/m11./s1. The van der Waals surface area contributed by atoms with Gasteiger partial charge in [-0.3, -0.25) is 14.1 Å². The minimum atomic E-state index is -3.67. The molecule has 20 heterocycles. The summed E-state index contributed by atoms with van der Waals surface area (Å²) in [6.45, 7) is 29.1. The summed E-state index contributed by atoms with van der Waals surface area (Å²) in [5, 5.41) is 21.0. The number of hydrogen-bond acceptors (Lipinski definition) is 24. The number of ketones is 2. The molecule has 20 aliphatic rings. The third kappa shape index (κ3) is 16.1. The average molecular weight is 1540 g/mol. The van der Waals surface area contributed by atoms with Crippen LogP contribution in [0, 0.1) is 35.5 Å². The van der Waals surface area contributed by atoms with Crippen molar-refractivity contribution < 1.29 is 109 Å². The van der Waals surface area contributed by atoms with Gasteiger partial charge in [-0.2, -0.15) is 8.42 Å². The minimum absolute atomic E-state index is 0.00127. The predicted molar refractivity (Wildman–Crippen MR) is 391 cm³/mol. The zero-order valence-corrected chi connectivity index (χ0v) is 65.2. The monoisotopic (exact) mass is 1540 g/mol. The molecular formula is C82H124N2O23S. The molecule has 20 aliphatic heterocycles. The molecule has 20 rings (SSSR count). The van der Waals surface area contributed by atoms with Crippen LogP contribution >= 0.6 is 0 Å². The molecular weight excluding hydrogens is 1410 g/mol. The summed E-state index contributed by atoms with van der Waals surface area (Å²) in [4.78, 5) is 28.0. The van der Waals surface area contributed by atoms with Crippen LogP contribution in [0.5, 0.6) is 0 Å². The second-order valence-corrected chi connectivity index (χ2v) is 38.1. The van der Waals surface area contributed by atoms with Gasteiger partial charge in [0.25, 0.3) is 10.1 Å². The van der Waals surface area contributed by atoms with E-state index in [1.165, 1.54) is 0 Å². The first-order valence-electron chi connectivity index (χ1n) is 41.5. The smallest absolute Gasteiger partial charge is 0.261 e. The van der Waals surface area contributed by atoms with Gasteiger partial charge in [-0.15, -0.1) is 0 Å². The zero-order valence-electron chi connectivity index (χ0n) is 64.4. The van der Waals surface area contributed by atoms with Crippen LogP contribution in [0.2, 0.25) is 0 Å². The number of aliphatic hydroxyl groups excluding tert-OH is 2. The van der Waals surface area contributed by atoms with Gasteiger partial charge in [0, 0.05) is 90.1 Å². The molecule has 0 aromatic rings. The SMILES string of the molecule is C=C1C[C@@H]2CC[C@@]34C[C@@]5(C)O[C@H]6[C@@H](O3)[C@H]3O[C@H](CC[C@@H]3O[C@H]6C5O4)CC(=O)CC3C(C[C@H]4O[C@@H](CCC1O2)C[C@@H](C)C4=C)O[C@H](C[C@H](O)CN)[C@@H]3C.C=C1C[C@@H]2CC[C@@]34C[C@H]5O[C@H]6[C@@H](O3)[C@H]3O[C@H](CC[C@@H]3O[C@H]6C5O4)CC(=O)CC3C(C[C@H]4O[C@@H](CCC1O2)C[C@@H](C)C4=C)O[C@H](C[C@H](O)CN)[C@@H]3C.CS(=O)(=O)O. The van der Waals surface area contributed by atoms with Crippen molar-refractivity contribution in [2.75, 3.05) is 19.3 Å². The van der Waals surface area contributed by atoms with Crippen LogP contribution < -0.4 is 11.5 Å². The Hall–Kier alpha value is -2.59. The van der Waals surface area contributed by atoms with Gasteiger partial charge in [-0.1, -0.05) is 54.0 Å². The van der Waals surface area contributed by atoms with Crippen LogP contribution in [0.1, 0.15) is 202 Å². The number of carbonyl (C=O) groups is 2. The molecule has 0 aliphatic carbocycles. The molecule has 38 atom stereocenters. The molecule has 25 nitrogen and oxygen atoms in total. The molecule has 8 unspecified atom stereocenters. The fourth-order valence-corrected chi connectivity index (χ4v) is 23.0. The Morgan fingerprint density at radius 2 is 0.861 bits per heavy atom. The number of rotatable bonds is 6. The number of Topliss-reactive ketones (excluding diaryl/α,β-unsaturated/α-hetero) is 2. The maximum Gasteiger partial charge on any atom is 0.261 e. The molecule has 20 saturated heterocycles. The summed E-state index contributed by atoms with van der Waals surface area (Å²) >= 11 is 0. The number of nitrogens with two attached hydrogens (primary N) is 2. The van der Waals surface area contributed by atoms with Crippen molar-refractivity contribution in [3.63, 3.8) is 0 Å². The molecule has 7 N–H and O–H groups in total. The average Bonchev–Trinajstić information content (AvgIpc) is 1.54. The Balaban J connectivity index is 0.000000155. The van der Waals surface area contributed by atoms with Gasteiger partial charge in [-0.05, 0) is 155 Å². The molecule has 26 heteroatoms. The maximum absolute atomic E-state index is 14.0. The molecule has 20 fully saturated rings.